The predicted molar refractivity (Wildman–Crippen MR) is 49.9 cm³/mol. The SMILES string of the molecule is C[Si](C)(C)OCCOCC1CO1. The van der Waals surface area contributed by atoms with Gasteiger partial charge in [0.1, 0.15) is 6.10 Å². The molecule has 3 nitrogen and oxygen atoms in total. The Morgan fingerprint density at radius 3 is 2.50 bits per heavy atom. The molecule has 1 aliphatic heterocycles. The van der Waals surface area contributed by atoms with Crippen LogP contribution in [0.15, 0.2) is 0 Å². The third kappa shape index (κ3) is 5.71. The molecule has 1 heterocycles. The van der Waals surface area contributed by atoms with Crippen molar-refractivity contribution in [2.75, 3.05) is 26.4 Å². The van der Waals surface area contributed by atoms with E-state index in [0.29, 0.717) is 12.7 Å². The maximum absolute atomic E-state index is 5.60. The Kier molecular flexibility index (Phi) is 3.70. The minimum Gasteiger partial charge on any atom is -0.415 e. The molecule has 4 heteroatoms. The standard InChI is InChI=1S/C8H18O3Si/c1-12(2,3)11-5-4-9-6-8-7-10-8/h8H,4-7H2,1-3H3. The summed E-state index contributed by atoms with van der Waals surface area (Å²) in [4.78, 5) is 0. The summed E-state index contributed by atoms with van der Waals surface area (Å²) in [5.74, 6) is 0. The normalized spacial score (nSPS) is 22.8. The minimum atomic E-state index is -1.33. The third-order valence-corrected chi connectivity index (χ3v) is 2.54. The van der Waals surface area contributed by atoms with Crippen LogP contribution in [-0.4, -0.2) is 40.8 Å². The number of ether oxygens (including phenoxy) is 2. The molecule has 1 atom stereocenters. The Hall–Kier alpha value is 0.0969. The van der Waals surface area contributed by atoms with Crippen LogP contribution in [0.2, 0.25) is 19.6 Å². The van der Waals surface area contributed by atoms with Gasteiger partial charge in [-0.15, -0.1) is 0 Å². The van der Waals surface area contributed by atoms with Gasteiger partial charge in [-0.1, -0.05) is 0 Å². The van der Waals surface area contributed by atoms with Crippen molar-refractivity contribution in [1.29, 1.82) is 0 Å². The van der Waals surface area contributed by atoms with Crippen molar-refractivity contribution >= 4 is 8.32 Å². The van der Waals surface area contributed by atoms with Gasteiger partial charge in [0.2, 0.25) is 0 Å². The quantitative estimate of drug-likeness (QED) is 0.359. The van der Waals surface area contributed by atoms with Crippen LogP contribution in [0.25, 0.3) is 0 Å². The van der Waals surface area contributed by atoms with E-state index in [-0.39, 0.29) is 0 Å². The molecule has 0 spiro atoms. The molecule has 1 saturated heterocycles. The van der Waals surface area contributed by atoms with E-state index < -0.39 is 8.32 Å². The van der Waals surface area contributed by atoms with Gasteiger partial charge < -0.3 is 13.9 Å². The summed E-state index contributed by atoms with van der Waals surface area (Å²) in [6, 6.07) is 0. The molecule has 1 fully saturated rings. The summed E-state index contributed by atoms with van der Waals surface area (Å²) < 4.78 is 15.9. The Morgan fingerprint density at radius 1 is 1.33 bits per heavy atom. The molecule has 72 valence electrons. The maximum atomic E-state index is 5.60. The van der Waals surface area contributed by atoms with E-state index in [0.717, 1.165) is 19.8 Å². The monoisotopic (exact) mass is 190 g/mol. The van der Waals surface area contributed by atoms with E-state index in [1.807, 2.05) is 0 Å². The highest BCUT2D eigenvalue weighted by Crippen LogP contribution is 2.08. The number of epoxide rings is 1. The molecule has 0 radical (unpaired) electrons. The largest absolute Gasteiger partial charge is 0.415 e. The van der Waals surface area contributed by atoms with Gasteiger partial charge in [0.25, 0.3) is 0 Å². The average molecular weight is 190 g/mol. The Morgan fingerprint density at radius 2 is 2.00 bits per heavy atom. The van der Waals surface area contributed by atoms with Crippen molar-refractivity contribution in [1.82, 2.24) is 0 Å². The zero-order valence-electron chi connectivity index (χ0n) is 8.13. The highest BCUT2D eigenvalue weighted by molar-refractivity contribution is 6.69. The van der Waals surface area contributed by atoms with Crippen molar-refractivity contribution in [3.8, 4) is 0 Å². The van der Waals surface area contributed by atoms with Gasteiger partial charge in [-0.2, -0.15) is 0 Å². The summed E-state index contributed by atoms with van der Waals surface area (Å²) in [5.41, 5.74) is 0. The van der Waals surface area contributed by atoms with Gasteiger partial charge in [0.15, 0.2) is 8.32 Å². The molecule has 0 N–H and O–H groups in total. The number of hydrogen-bond acceptors (Lipinski definition) is 3. The van der Waals surface area contributed by atoms with E-state index in [4.69, 9.17) is 13.9 Å². The molecule has 0 aromatic carbocycles. The Balaban J connectivity index is 1.82. The van der Waals surface area contributed by atoms with Crippen molar-refractivity contribution in [2.45, 2.75) is 25.7 Å². The second-order valence-corrected chi connectivity index (χ2v) is 8.50. The first-order valence-corrected chi connectivity index (χ1v) is 7.82. The van der Waals surface area contributed by atoms with Crippen LogP contribution in [0.5, 0.6) is 0 Å². The fraction of sp³-hybridized carbons (Fsp3) is 1.00. The van der Waals surface area contributed by atoms with E-state index in [2.05, 4.69) is 19.6 Å². The molecule has 0 bridgehead atoms. The van der Waals surface area contributed by atoms with Gasteiger partial charge in [-0.3, -0.25) is 0 Å². The first-order chi connectivity index (χ1) is 5.58. The van der Waals surface area contributed by atoms with Crippen LogP contribution in [0, 0.1) is 0 Å². The maximum Gasteiger partial charge on any atom is 0.183 e. The Bertz CT molecular complexity index is 129. The van der Waals surface area contributed by atoms with Gasteiger partial charge >= 0.3 is 0 Å². The van der Waals surface area contributed by atoms with Crippen LogP contribution in [0.1, 0.15) is 0 Å². The first kappa shape index (κ1) is 10.2. The minimum absolute atomic E-state index is 0.372. The van der Waals surface area contributed by atoms with Crippen LogP contribution < -0.4 is 0 Å². The summed E-state index contributed by atoms with van der Waals surface area (Å²) in [6.07, 6.45) is 0.372. The fourth-order valence-corrected chi connectivity index (χ4v) is 1.48. The van der Waals surface area contributed by atoms with Crippen LogP contribution >= 0.6 is 0 Å². The predicted octanol–water partition coefficient (Wildman–Crippen LogP) is 1.25. The smallest absolute Gasteiger partial charge is 0.183 e. The van der Waals surface area contributed by atoms with Gasteiger partial charge in [-0.05, 0) is 19.6 Å². The van der Waals surface area contributed by atoms with E-state index >= 15 is 0 Å². The van der Waals surface area contributed by atoms with Crippen molar-refractivity contribution < 1.29 is 13.9 Å². The number of rotatable bonds is 6. The Labute approximate surface area is 75.1 Å². The molecule has 0 aromatic rings. The molecule has 0 amide bonds. The average Bonchev–Trinajstić information content (AvgIpc) is 2.68. The van der Waals surface area contributed by atoms with Gasteiger partial charge in [0, 0.05) is 0 Å². The molecule has 0 aromatic heterocycles. The molecule has 12 heavy (non-hydrogen) atoms. The fourth-order valence-electron chi connectivity index (χ4n) is 0.786. The molecule has 0 aliphatic carbocycles. The zero-order chi connectivity index (χ0) is 9.03. The molecule has 1 unspecified atom stereocenters. The highest BCUT2D eigenvalue weighted by Gasteiger charge is 2.22. The molecule has 0 saturated carbocycles. The van der Waals surface area contributed by atoms with Crippen LogP contribution in [0.4, 0.5) is 0 Å². The first-order valence-electron chi connectivity index (χ1n) is 4.41. The lowest BCUT2D eigenvalue weighted by molar-refractivity contribution is 0.0859. The lowest BCUT2D eigenvalue weighted by Gasteiger charge is -2.16. The van der Waals surface area contributed by atoms with Crippen LogP contribution in [-0.2, 0) is 13.9 Å². The van der Waals surface area contributed by atoms with E-state index in [1.54, 1.807) is 0 Å². The summed E-state index contributed by atoms with van der Waals surface area (Å²) in [6.45, 7) is 9.56. The van der Waals surface area contributed by atoms with E-state index in [1.165, 1.54) is 0 Å². The molecular weight excluding hydrogens is 172 g/mol. The second kappa shape index (κ2) is 4.37. The van der Waals surface area contributed by atoms with Gasteiger partial charge in [0.05, 0.1) is 26.4 Å². The van der Waals surface area contributed by atoms with Gasteiger partial charge in [-0.25, -0.2) is 0 Å². The van der Waals surface area contributed by atoms with Crippen molar-refractivity contribution in [3.63, 3.8) is 0 Å². The second-order valence-electron chi connectivity index (χ2n) is 3.99. The zero-order valence-corrected chi connectivity index (χ0v) is 9.13. The topological polar surface area (TPSA) is 31.0 Å². The number of hydrogen-bond donors (Lipinski definition) is 0. The van der Waals surface area contributed by atoms with E-state index in [9.17, 15) is 0 Å². The third-order valence-electron chi connectivity index (χ3n) is 1.47. The van der Waals surface area contributed by atoms with Crippen molar-refractivity contribution in [3.05, 3.63) is 0 Å². The lowest BCUT2D eigenvalue weighted by atomic mass is 10.5. The van der Waals surface area contributed by atoms with Crippen molar-refractivity contribution in [2.24, 2.45) is 0 Å². The molecule has 1 rings (SSSR count). The molecular formula is C8H18O3Si. The molecule has 1 aliphatic rings. The summed E-state index contributed by atoms with van der Waals surface area (Å²) in [7, 11) is -1.33. The summed E-state index contributed by atoms with van der Waals surface area (Å²) >= 11 is 0. The lowest BCUT2D eigenvalue weighted by Crippen LogP contribution is -2.27. The summed E-state index contributed by atoms with van der Waals surface area (Å²) in [5, 5.41) is 0. The highest BCUT2D eigenvalue weighted by atomic mass is 28.4. The van der Waals surface area contributed by atoms with Crippen LogP contribution in [0.3, 0.4) is 0 Å².